The summed E-state index contributed by atoms with van der Waals surface area (Å²) < 4.78 is 13.4. The number of esters is 1. The number of benzene rings is 1. The Kier molecular flexibility index (Phi) is 13.7. The average Bonchev–Trinajstić information content (AvgIpc) is 4.06. The summed E-state index contributed by atoms with van der Waals surface area (Å²) in [6.07, 6.45) is 24.4. The number of ether oxygens (including phenoxy) is 2. The molecule has 4 aliphatic heterocycles. The first-order chi connectivity index (χ1) is 32.4. The first-order valence-electron chi connectivity index (χ1n) is 26.1. The molecule has 5 aliphatic carbocycles. The number of nitrogens with two attached hydrogens (primary N) is 2. The van der Waals surface area contributed by atoms with Crippen LogP contribution in [-0.2, 0) is 40.1 Å². The third-order valence-electron chi connectivity index (χ3n) is 18.4. The molecule has 12 nitrogen and oxygen atoms in total. The molecule has 7 N–H and O–H groups in total. The van der Waals surface area contributed by atoms with Crippen LogP contribution >= 0.6 is 21.6 Å². The van der Waals surface area contributed by atoms with Gasteiger partial charge in [-0.15, -0.1) is 0 Å². The van der Waals surface area contributed by atoms with E-state index in [1.165, 1.54) is 45.4 Å². The normalized spacial score (nSPS) is 35.7. The Balaban J connectivity index is 1.00. The number of guanidine groups is 1. The van der Waals surface area contributed by atoms with Crippen molar-refractivity contribution in [2.45, 2.75) is 190 Å². The predicted octanol–water partition coefficient (Wildman–Crippen LogP) is 9.16. The molecular formula is C53H76N6O6S2. The first kappa shape index (κ1) is 47.3. The number of carbonyl (C=O) groups excluding carboxylic acids is 2. The number of pyridine rings is 1. The van der Waals surface area contributed by atoms with Crippen LogP contribution in [0.1, 0.15) is 164 Å². The molecule has 1 aromatic heterocycles. The molecule has 67 heavy (non-hydrogen) atoms. The van der Waals surface area contributed by atoms with Gasteiger partial charge in [0, 0.05) is 79.2 Å². The van der Waals surface area contributed by atoms with Crippen molar-refractivity contribution in [1.29, 1.82) is 0 Å². The van der Waals surface area contributed by atoms with E-state index in [1.807, 2.05) is 38.6 Å². The number of hydrogen-bond acceptors (Lipinski definition) is 13. The maximum Gasteiger partial charge on any atom is 0.303 e. The fraction of sp³-hybridized carbons (Fsp3) is 0.736. The molecule has 2 spiro atoms. The molecule has 1 saturated heterocycles. The minimum atomic E-state index is -0.760. The van der Waals surface area contributed by atoms with Gasteiger partial charge < -0.3 is 41.4 Å². The Labute approximate surface area is 406 Å². The number of phenolic OH excluding ortho intramolecular Hbond substituents is 1. The van der Waals surface area contributed by atoms with E-state index in [1.54, 1.807) is 6.20 Å². The summed E-state index contributed by atoms with van der Waals surface area (Å²) in [7, 11) is 3.99. The lowest BCUT2D eigenvalue weighted by molar-refractivity contribution is -0.195. The molecule has 2 aromatic rings. The Morgan fingerprint density at radius 3 is 2.64 bits per heavy atom. The number of nitrogen functional groups attached to an aromatic ring is 1. The summed E-state index contributed by atoms with van der Waals surface area (Å²) in [4.78, 5) is 38.6. The average molecular weight is 957 g/mol. The van der Waals surface area contributed by atoms with Crippen molar-refractivity contribution in [3.05, 3.63) is 46.6 Å². The van der Waals surface area contributed by atoms with Gasteiger partial charge in [-0.05, 0) is 163 Å². The van der Waals surface area contributed by atoms with Crippen molar-refractivity contribution >= 4 is 45.2 Å². The molecule has 5 heterocycles. The van der Waals surface area contributed by atoms with Crippen LogP contribution in [0.2, 0.25) is 0 Å². The molecule has 6 fully saturated rings. The zero-order chi connectivity index (χ0) is 46.4. The molecule has 0 radical (unpaired) electrons. The minimum Gasteiger partial charge on any atom is -0.504 e. The second-order valence-corrected chi connectivity index (χ2v) is 25.2. The van der Waals surface area contributed by atoms with Crippen LogP contribution in [0.5, 0.6) is 11.5 Å². The van der Waals surface area contributed by atoms with Crippen LogP contribution < -0.4 is 21.5 Å². The van der Waals surface area contributed by atoms with E-state index in [9.17, 15) is 19.8 Å². The quantitative estimate of drug-likeness (QED) is 0.145. The molecule has 0 unspecified atom stereocenters. The van der Waals surface area contributed by atoms with Gasteiger partial charge in [0.2, 0.25) is 5.91 Å². The highest BCUT2D eigenvalue weighted by atomic mass is 33.1. The number of aliphatic hydroxyl groups excluding tert-OH is 1. The number of rotatable bonds is 3. The topological polar surface area (TPSA) is 186 Å². The van der Waals surface area contributed by atoms with E-state index in [-0.39, 0.29) is 52.4 Å². The van der Waals surface area contributed by atoms with Crippen LogP contribution in [0, 0.1) is 34.5 Å². The molecule has 9 atom stereocenters. The minimum absolute atomic E-state index is 0.00320. The summed E-state index contributed by atoms with van der Waals surface area (Å²) in [5.41, 5.74) is 16.0. The van der Waals surface area contributed by atoms with Gasteiger partial charge in [-0.1, -0.05) is 47.3 Å². The van der Waals surface area contributed by atoms with E-state index in [0.717, 1.165) is 106 Å². The fourth-order valence-corrected chi connectivity index (χ4v) is 18.8. The fourth-order valence-electron chi connectivity index (χ4n) is 15.2. The SMILES string of the molecule is CC(=O)O[C@]12C[C@@H]3CC[C@H]1Cc1cc(c(O)c4c1CC[C@@H]1CCC[C@@H]1O4)CN1C[C@](Cc4ccnc(N)c4)(CCN=C(N)N[C@@]4(CCCC45CCCC5)SSCCCCC[C@@H]3[C@H](O)C2)CC1=O. The Morgan fingerprint density at radius 1 is 0.955 bits per heavy atom. The van der Waals surface area contributed by atoms with Gasteiger partial charge in [0.15, 0.2) is 17.5 Å². The van der Waals surface area contributed by atoms with E-state index in [0.29, 0.717) is 80.1 Å². The molecule has 366 valence electrons. The van der Waals surface area contributed by atoms with Gasteiger partial charge in [-0.25, -0.2) is 4.98 Å². The molecule has 5 saturated carbocycles. The molecule has 14 heteroatoms. The lowest BCUT2D eigenvalue weighted by Gasteiger charge is -2.54. The molecule has 11 rings (SSSR count). The zero-order valence-corrected chi connectivity index (χ0v) is 41.5. The highest BCUT2D eigenvalue weighted by Crippen LogP contribution is 2.63. The number of fused-ring (bicyclic) bond motifs is 13. The van der Waals surface area contributed by atoms with Crippen molar-refractivity contribution in [1.82, 2.24) is 15.2 Å². The highest BCUT2D eigenvalue weighted by Gasteiger charge is 2.57. The number of aliphatic imine (C=N–C) groups is 1. The van der Waals surface area contributed by atoms with Gasteiger partial charge in [0.1, 0.15) is 22.4 Å². The van der Waals surface area contributed by atoms with Crippen molar-refractivity contribution < 1.29 is 29.3 Å². The van der Waals surface area contributed by atoms with Crippen LogP contribution in [0.25, 0.3) is 0 Å². The number of aliphatic hydroxyl groups is 1. The summed E-state index contributed by atoms with van der Waals surface area (Å²) >= 11 is 0. The Morgan fingerprint density at radius 2 is 1.81 bits per heavy atom. The lowest BCUT2D eigenvalue weighted by atomic mass is 9.57. The van der Waals surface area contributed by atoms with E-state index in [2.05, 4.69) is 16.4 Å². The second kappa shape index (κ2) is 19.4. The van der Waals surface area contributed by atoms with E-state index >= 15 is 0 Å². The van der Waals surface area contributed by atoms with Gasteiger partial charge in [-0.2, -0.15) is 0 Å². The number of aromatic hydroxyl groups is 1. The van der Waals surface area contributed by atoms with Crippen LogP contribution in [0.4, 0.5) is 5.82 Å². The molecule has 8 bridgehead atoms. The summed E-state index contributed by atoms with van der Waals surface area (Å²) in [6, 6.07) is 6.04. The largest absolute Gasteiger partial charge is 0.504 e. The lowest BCUT2D eigenvalue weighted by Crippen LogP contribution is -2.56. The zero-order valence-electron chi connectivity index (χ0n) is 39.9. The van der Waals surface area contributed by atoms with Gasteiger partial charge >= 0.3 is 5.97 Å². The first-order valence-corrected chi connectivity index (χ1v) is 28.5. The summed E-state index contributed by atoms with van der Waals surface area (Å²) in [5, 5.41) is 28.2. The number of aromatic nitrogens is 1. The van der Waals surface area contributed by atoms with Crippen LogP contribution in [0.3, 0.4) is 0 Å². The molecule has 1 aromatic carbocycles. The monoisotopic (exact) mass is 957 g/mol. The maximum atomic E-state index is 14.5. The summed E-state index contributed by atoms with van der Waals surface area (Å²) in [6.45, 7) is 2.73. The number of nitrogens with one attached hydrogen (secondary N) is 1. The van der Waals surface area contributed by atoms with Crippen molar-refractivity contribution in [3.8, 4) is 11.5 Å². The Bertz CT molecular complexity index is 2180. The Hall–Kier alpha value is -3.36. The molecular weight excluding hydrogens is 881 g/mol. The van der Waals surface area contributed by atoms with E-state index < -0.39 is 17.1 Å². The van der Waals surface area contributed by atoms with Crippen molar-refractivity contribution in [2.24, 2.45) is 45.2 Å². The van der Waals surface area contributed by atoms with Gasteiger partial charge in [0.25, 0.3) is 0 Å². The van der Waals surface area contributed by atoms with E-state index in [4.69, 9.17) is 25.9 Å². The third-order valence-corrected chi connectivity index (χ3v) is 21.7. The van der Waals surface area contributed by atoms with Gasteiger partial charge in [0.05, 0.1) is 6.10 Å². The van der Waals surface area contributed by atoms with Crippen LogP contribution in [0.15, 0.2) is 29.4 Å². The number of carbonyl (C=O) groups is 2. The number of phenols is 1. The molecule has 1 amide bonds. The smallest absolute Gasteiger partial charge is 0.303 e. The third kappa shape index (κ3) is 9.51. The van der Waals surface area contributed by atoms with Gasteiger partial charge in [-0.3, -0.25) is 14.6 Å². The highest BCUT2D eigenvalue weighted by molar-refractivity contribution is 8.77. The second-order valence-electron chi connectivity index (χ2n) is 22.5. The summed E-state index contributed by atoms with van der Waals surface area (Å²) in [5.74, 6) is 3.42. The predicted molar refractivity (Wildman–Crippen MR) is 266 cm³/mol. The van der Waals surface area contributed by atoms with Crippen molar-refractivity contribution in [3.63, 3.8) is 0 Å². The number of amides is 1. The number of hydrogen-bond donors (Lipinski definition) is 5. The molecule has 9 aliphatic rings. The van der Waals surface area contributed by atoms with Crippen LogP contribution in [-0.4, -0.2) is 79.5 Å². The standard InChI is InChI=1S/C53H76N6O6S2/c1-34(60)65-52-29-37-12-14-40(52)27-38-26-39(47(63)48-42(38)15-13-36-9-7-11-44(36)64-48)32-59-33-50(31-46(59)62,28-35-16-22-56-45(54)25-35)21-23-57-49(55)58-53(20-8-19-51(53)17-4-5-18-51)67-66-24-6-2-3-10-41(37)43(61)30-52/h16,22,25-26,36-37,40-41,43-44,61,63H,2-15,17-21,23-24,27-33H2,1H3,(H2,54,56)(H3,55,57,58)/t36-,37-,40-,41-,43+,44-,50-,52-,53-/m0/s1. The van der Waals surface area contributed by atoms with Crippen molar-refractivity contribution in [2.75, 3.05) is 24.6 Å². The maximum absolute atomic E-state index is 14.5. The number of nitrogens with zero attached hydrogens (tertiary/aromatic N) is 3. The number of anilines is 1.